The Bertz CT molecular complexity index is 1420. The van der Waals surface area contributed by atoms with Crippen molar-refractivity contribution >= 4 is 11.8 Å². The zero-order valence-electron chi connectivity index (χ0n) is 17.3. The second kappa shape index (κ2) is 9.26. The molecule has 0 aliphatic carbocycles. The summed E-state index contributed by atoms with van der Waals surface area (Å²) in [7, 11) is 0. The van der Waals surface area contributed by atoms with Crippen molar-refractivity contribution in [3.05, 3.63) is 102 Å². The van der Waals surface area contributed by atoms with Gasteiger partial charge < -0.3 is 9.52 Å². The Morgan fingerprint density at radius 1 is 0.853 bits per heavy atom. The predicted molar refractivity (Wildman–Crippen MR) is 117 cm³/mol. The first-order valence-corrected chi connectivity index (χ1v) is 9.84. The Kier molecular flexibility index (Phi) is 6.05. The number of hydrogen-bond acceptors (Lipinski definition) is 5. The minimum atomic E-state index is -0.805. The molecule has 0 saturated heterocycles. The topological polar surface area (TPSA) is 115 Å². The number of nitrogens with one attached hydrogen (secondary N) is 2. The Morgan fingerprint density at radius 3 is 2.06 bits per heavy atom. The quantitative estimate of drug-likeness (QED) is 0.388. The average Bonchev–Trinajstić information content (AvgIpc) is 3.29. The van der Waals surface area contributed by atoms with E-state index in [2.05, 4.69) is 10.9 Å². The van der Waals surface area contributed by atoms with Gasteiger partial charge >= 0.3 is 5.91 Å². The van der Waals surface area contributed by atoms with Crippen molar-refractivity contribution in [1.29, 1.82) is 5.26 Å². The fourth-order valence-electron chi connectivity index (χ4n) is 3.28. The van der Waals surface area contributed by atoms with E-state index in [-0.39, 0.29) is 22.6 Å². The number of benzene rings is 3. The summed E-state index contributed by atoms with van der Waals surface area (Å²) in [6.45, 7) is 0. The molecule has 0 radical (unpaired) electrons. The van der Waals surface area contributed by atoms with E-state index in [4.69, 9.17) is 9.68 Å². The van der Waals surface area contributed by atoms with Gasteiger partial charge in [-0.3, -0.25) is 20.4 Å². The molecule has 0 aliphatic heterocycles. The second-order valence-electron chi connectivity index (χ2n) is 7.12. The van der Waals surface area contributed by atoms with Crippen LogP contribution in [-0.2, 0) is 0 Å². The molecular formula is C25H15F2N3O4. The van der Waals surface area contributed by atoms with E-state index in [1.165, 1.54) is 73.0 Å². The highest BCUT2D eigenvalue weighted by Gasteiger charge is 2.23. The number of amides is 2. The highest BCUT2D eigenvalue weighted by molar-refractivity contribution is 6.04. The molecule has 0 atom stereocenters. The lowest BCUT2D eigenvalue weighted by molar-refractivity contribution is 0.0831. The molecule has 3 N–H and O–H groups in total. The summed E-state index contributed by atoms with van der Waals surface area (Å²) in [6.07, 6.45) is 1.31. The van der Waals surface area contributed by atoms with Gasteiger partial charge in [-0.15, -0.1) is 0 Å². The van der Waals surface area contributed by atoms with Crippen molar-refractivity contribution < 1.29 is 27.9 Å². The number of nitriles is 1. The van der Waals surface area contributed by atoms with Crippen LogP contribution in [0.2, 0.25) is 0 Å². The number of halogens is 2. The molecule has 3 aromatic carbocycles. The minimum absolute atomic E-state index is 0.0276. The number of hydrazine groups is 1. The van der Waals surface area contributed by atoms with Crippen molar-refractivity contribution in [1.82, 2.24) is 10.9 Å². The summed E-state index contributed by atoms with van der Waals surface area (Å²) < 4.78 is 32.4. The molecule has 0 bridgehead atoms. The fourth-order valence-corrected chi connectivity index (χ4v) is 3.28. The first-order valence-electron chi connectivity index (χ1n) is 9.84. The number of phenols is 1. The summed E-state index contributed by atoms with van der Waals surface area (Å²) >= 11 is 0. The molecule has 0 saturated carbocycles. The number of carbonyl (C=O) groups excluding carboxylic acids is 2. The number of nitrogens with zero attached hydrogens (tertiary/aromatic N) is 1. The maximum absolute atomic E-state index is 13.5. The number of carbonyl (C=O) groups is 2. The van der Waals surface area contributed by atoms with Crippen LogP contribution in [0, 0.1) is 23.0 Å². The average molecular weight is 459 g/mol. The summed E-state index contributed by atoms with van der Waals surface area (Å²) in [5, 5.41) is 18.6. The summed E-state index contributed by atoms with van der Waals surface area (Å²) in [4.78, 5) is 25.3. The number of phenolic OH excluding ortho intramolecular Hbond substituents is 1. The first kappa shape index (κ1) is 22.2. The van der Waals surface area contributed by atoms with E-state index in [0.717, 1.165) is 0 Å². The van der Waals surface area contributed by atoms with Crippen molar-refractivity contribution in [2.75, 3.05) is 0 Å². The smallest absolute Gasteiger partial charge is 0.306 e. The van der Waals surface area contributed by atoms with E-state index < -0.39 is 23.4 Å². The van der Waals surface area contributed by atoms with Crippen LogP contribution in [0.5, 0.6) is 5.75 Å². The van der Waals surface area contributed by atoms with Gasteiger partial charge in [0.1, 0.15) is 23.5 Å². The van der Waals surface area contributed by atoms with E-state index in [0.29, 0.717) is 22.3 Å². The van der Waals surface area contributed by atoms with Gasteiger partial charge in [-0.2, -0.15) is 5.26 Å². The highest BCUT2D eigenvalue weighted by atomic mass is 19.1. The molecule has 9 heteroatoms. The molecule has 4 aromatic rings. The lowest BCUT2D eigenvalue weighted by Crippen LogP contribution is -2.41. The second-order valence-corrected chi connectivity index (χ2v) is 7.12. The summed E-state index contributed by atoms with van der Waals surface area (Å²) in [6, 6.07) is 16.3. The highest BCUT2D eigenvalue weighted by Crippen LogP contribution is 2.37. The standard InChI is InChI=1S/C25H15F2N3O4/c26-18-6-1-14(2-7-18)20-13-34-23(22(20)15-3-8-19(27)9-4-15)25(33)30-29-24(32)16-5-10-21(31)17(11-16)12-28/h1-11,13,31H,(H,29,32)(H,30,33). The molecule has 1 heterocycles. The monoisotopic (exact) mass is 459 g/mol. The van der Waals surface area contributed by atoms with Gasteiger partial charge in [-0.1, -0.05) is 24.3 Å². The molecule has 34 heavy (non-hydrogen) atoms. The van der Waals surface area contributed by atoms with Crippen LogP contribution in [0.25, 0.3) is 22.3 Å². The summed E-state index contributed by atoms with van der Waals surface area (Å²) in [5.41, 5.74) is 6.16. The first-order chi connectivity index (χ1) is 16.4. The van der Waals surface area contributed by atoms with Gasteiger partial charge in [0.25, 0.3) is 5.91 Å². The molecule has 0 unspecified atom stereocenters. The molecular weight excluding hydrogens is 444 g/mol. The lowest BCUT2D eigenvalue weighted by atomic mass is 9.96. The van der Waals surface area contributed by atoms with E-state index in [1.54, 1.807) is 6.07 Å². The van der Waals surface area contributed by atoms with Gasteiger partial charge in [0.2, 0.25) is 5.76 Å². The number of aromatic hydroxyl groups is 1. The van der Waals surface area contributed by atoms with Crippen molar-refractivity contribution in [3.8, 4) is 34.1 Å². The maximum atomic E-state index is 13.5. The largest absolute Gasteiger partial charge is 0.507 e. The Labute approximate surface area is 191 Å². The van der Waals surface area contributed by atoms with Crippen LogP contribution in [-0.4, -0.2) is 16.9 Å². The van der Waals surface area contributed by atoms with Gasteiger partial charge in [0.15, 0.2) is 0 Å². The van der Waals surface area contributed by atoms with Crippen molar-refractivity contribution in [3.63, 3.8) is 0 Å². The van der Waals surface area contributed by atoms with Crippen molar-refractivity contribution in [2.24, 2.45) is 0 Å². The van der Waals surface area contributed by atoms with Crippen molar-refractivity contribution in [2.45, 2.75) is 0 Å². The van der Waals surface area contributed by atoms with E-state index in [1.807, 2.05) is 0 Å². The van der Waals surface area contributed by atoms with Crippen LogP contribution in [0.1, 0.15) is 26.5 Å². The third-order valence-corrected chi connectivity index (χ3v) is 4.95. The molecule has 0 fully saturated rings. The predicted octanol–water partition coefficient (Wildman–Crippen LogP) is 4.54. The number of furan rings is 1. The zero-order valence-corrected chi connectivity index (χ0v) is 17.3. The Hall–Kier alpha value is -4.97. The minimum Gasteiger partial charge on any atom is -0.507 e. The van der Waals surface area contributed by atoms with Crippen LogP contribution in [0.4, 0.5) is 8.78 Å². The third-order valence-electron chi connectivity index (χ3n) is 4.95. The number of hydrogen-bond donors (Lipinski definition) is 3. The van der Waals surface area contributed by atoms with Gasteiger partial charge in [-0.05, 0) is 53.6 Å². The summed E-state index contributed by atoms with van der Waals surface area (Å²) in [5.74, 6) is -2.91. The van der Waals surface area contributed by atoms with E-state index >= 15 is 0 Å². The van der Waals surface area contributed by atoms with Crippen LogP contribution in [0.15, 0.2) is 77.4 Å². The van der Waals surface area contributed by atoms with Gasteiger partial charge in [-0.25, -0.2) is 8.78 Å². The van der Waals surface area contributed by atoms with Crippen LogP contribution >= 0.6 is 0 Å². The molecule has 0 aliphatic rings. The lowest BCUT2D eigenvalue weighted by Gasteiger charge is -2.09. The van der Waals surface area contributed by atoms with E-state index in [9.17, 15) is 23.5 Å². The Morgan fingerprint density at radius 2 is 1.44 bits per heavy atom. The maximum Gasteiger partial charge on any atom is 0.306 e. The molecule has 2 amide bonds. The molecule has 1 aromatic heterocycles. The van der Waals surface area contributed by atoms with Gasteiger partial charge in [0.05, 0.1) is 11.8 Å². The fraction of sp³-hybridized carbons (Fsp3) is 0. The Balaban J connectivity index is 1.64. The molecule has 7 nitrogen and oxygen atoms in total. The normalized spacial score (nSPS) is 10.4. The van der Waals surface area contributed by atoms with Crippen LogP contribution in [0.3, 0.4) is 0 Å². The third kappa shape index (κ3) is 4.47. The molecule has 168 valence electrons. The zero-order chi connectivity index (χ0) is 24.2. The molecule has 0 spiro atoms. The molecule has 4 rings (SSSR count). The van der Waals surface area contributed by atoms with Crippen LogP contribution < -0.4 is 10.9 Å². The SMILES string of the molecule is N#Cc1cc(C(=O)NNC(=O)c2occ(-c3ccc(F)cc3)c2-c2ccc(F)cc2)ccc1O. The van der Waals surface area contributed by atoms with Gasteiger partial charge in [0, 0.05) is 16.7 Å². The number of rotatable bonds is 4.